The van der Waals surface area contributed by atoms with E-state index < -0.39 is 7.26 Å². The zero-order valence-corrected chi connectivity index (χ0v) is 18.6. The molecule has 0 saturated heterocycles. The summed E-state index contributed by atoms with van der Waals surface area (Å²) in [5.74, 6) is 0. The maximum atomic E-state index is 2.34. The fraction of sp³-hybridized carbons (Fsp3) is 0.250. The van der Waals surface area contributed by atoms with E-state index in [0.717, 1.165) is 0 Å². The van der Waals surface area contributed by atoms with Gasteiger partial charge in [-0.3, -0.25) is 0 Å². The molecule has 0 bridgehead atoms. The summed E-state index contributed by atoms with van der Waals surface area (Å²) >= 11 is 0. The first-order valence-electron chi connectivity index (χ1n) is 9.26. The molecule has 0 amide bonds. The fourth-order valence-electron chi connectivity index (χ4n) is 3.79. The molecule has 0 aromatic heterocycles. The van der Waals surface area contributed by atoms with Crippen molar-refractivity contribution in [2.75, 3.05) is 6.16 Å². The molecule has 0 nitrogen and oxygen atoms in total. The van der Waals surface area contributed by atoms with Crippen LogP contribution in [0.25, 0.3) is 0 Å². The van der Waals surface area contributed by atoms with Crippen molar-refractivity contribution < 1.29 is 24.0 Å². The molecule has 3 aromatic carbocycles. The van der Waals surface area contributed by atoms with Gasteiger partial charge < -0.3 is 24.0 Å². The summed E-state index contributed by atoms with van der Waals surface area (Å²) in [6.07, 6.45) is 6.34. The van der Waals surface area contributed by atoms with Crippen LogP contribution < -0.4 is 24.0 Å². The lowest BCUT2D eigenvalue weighted by molar-refractivity contribution is -0.00000531. The van der Waals surface area contributed by atoms with Gasteiger partial charge >= 0.3 is 0 Å². The van der Waals surface area contributed by atoms with Gasteiger partial charge in [-0.1, -0.05) is 97.9 Å². The third-order valence-electron chi connectivity index (χ3n) is 4.78. The molecule has 0 N–H and O–H groups in total. The van der Waals surface area contributed by atoms with Crippen LogP contribution in [0.4, 0.5) is 0 Å². The quantitative estimate of drug-likeness (QED) is 0.342. The van der Waals surface area contributed by atoms with E-state index in [1.807, 2.05) is 0 Å². The molecule has 0 spiro atoms. The second-order valence-electron chi connectivity index (χ2n) is 7.00. The van der Waals surface area contributed by atoms with Gasteiger partial charge in [0.2, 0.25) is 0 Å². The van der Waals surface area contributed by atoms with Crippen molar-refractivity contribution in [1.82, 2.24) is 0 Å². The molecule has 136 valence electrons. The summed E-state index contributed by atoms with van der Waals surface area (Å²) in [5.41, 5.74) is 4.49. The van der Waals surface area contributed by atoms with Gasteiger partial charge in [0.15, 0.2) is 0 Å². The van der Waals surface area contributed by atoms with Gasteiger partial charge in [0, 0.05) is 7.26 Å². The minimum absolute atomic E-state index is 0. The van der Waals surface area contributed by atoms with Gasteiger partial charge in [-0.25, -0.2) is 0 Å². The van der Waals surface area contributed by atoms with Crippen molar-refractivity contribution in [2.45, 2.75) is 31.8 Å². The summed E-state index contributed by atoms with van der Waals surface area (Å²) in [7, 11) is -1.16. The summed E-state index contributed by atoms with van der Waals surface area (Å²) in [6.45, 7) is 2.34. The predicted octanol–water partition coefficient (Wildman–Crippen LogP) is 4.02. The first-order chi connectivity index (χ1) is 12.3. The largest absolute Gasteiger partial charge is 1.00 e. The second kappa shape index (κ2) is 10.8. The Morgan fingerprint density at radius 3 is 1.12 bits per heavy atom. The Morgan fingerprint density at radius 1 is 0.538 bits per heavy atom. The first-order valence-corrected chi connectivity index (χ1v) is 11.8. The van der Waals surface area contributed by atoms with Crippen LogP contribution in [0.1, 0.15) is 30.0 Å². The molecular weight excluding hydrogens is 446 g/mol. The van der Waals surface area contributed by atoms with Crippen molar-refractivity contribution >= 4 is 7.26 Å². The van der Waals surface area contributed by atoms with Gasteiger partial charge in [-0.2, -0.15) is 0 Å². The summed E-state index contributed by atoms with van der Waals surface area (Å²) < 4.78 is 0. The van der Waals surface area contributed by atoms with Gasteiger partial charge in [0.1, 0.15) is 0 Å². The Hall–Kier alpha value is -1.18. The molecule has 3 aromatic rings. The van der Waals surface area contributed by atoms with Crippen LogP contribution in [0.2, 0.25) is 0 Å². The highest BCUT2D eigenvalue weighted by Crippen LogP contribution is 2.66. The maximum Gasteiger partial charge on any atom is 0.0849 e. The van der Waals surface area contributed by atoms with Crippen LogP contribution in [0.15, 0.2) is 91.0 Å². The number of benzene rings is 3. The monoisotopic (exact) mass is 474 g/mol. The van der Waals surface area contributed by atoms with Crippen LogP contribution >= 0.6 is 7.26 Å². The van der Waals surface area contributed by atoms with Crippen LogP contribution in [0.5, 0.6) is 0 Å². The molecule has 0 heterocycles. The second-order valence-corrected chi connectivity index (χ2v) is 11.1. The van der Waals surface area contributed by atoms with Gasteiger partial charge in [0.05, 0.1) is 24.6 Å². The topological polar surface area (TPSA) is 0 Å². The highest BCUT2D eigenvalue weighted by Gasteiger charge is 2.37. The summed E-state index contributed by atoms with van der Waals surface area (Å²) in [5, 5.41) is 0. The highest BCUT2D eigenvalue weighted by atomic mass is 127. The van der Waals surface area contributed by atoms with E-state index >= 15 is 0 Å². The van der Waals surface area contributed by atoms with E-state index in [9.17, 15) is 0 Å². The van der Waals surface area contributed by atoms with Gasteiger partial charge in [-0.05, 0) is 23.1 Å². The first kappa shape index (κ1) is 21.1. The van der Waals surface area contributed by atoms with Crippen LogP contribution in [0.3, 0.4) is 0 Å². The molecule has 2 heteroatoms. The Morgan fingerprint density at radius 2 is 0.846 bits per heavy atom. The minimum atomic E-state index is -1.16. The van der Waals surface area contributed by atoms with E-state index in [0.29, 0.717) is 0 Å². The van der Waals surface area contributed by atoms with Crippen LogP contribution in [0, 0.1) is 0 Å². The molecular formula is C24H28IP. The fourth-order valence-corrected chi connectivity index (χ4v) is 8.51. The SMILES string of the molecule is CCC[P+](Cc1ccccc1)(Cc1ccccc1)Cc1ccccc1.[I-]. The normalized spacial score (nSPS) is 11.0. The predicted molar refractivity (Wildman–Crippen MR) is 113 cm³/mol. The van der Waals surface area contributed by atoms with Crippen molar-refractivity contribution in [2.24, 2.45) is 0 Å². The minimum Gasteiger partial charge on any atom is -1.00 e. The molecule has 3 rings (SSSR count). The van der Waals surface area contributed by atoms with Gasteiger partial charge in [-0.15, -0.1) is 0 Å². The third kappa shape index (κ3) is 6.21. The summed E-state index contributed by atoms with van der Waals surface area (Å²) in [4.78, 5) is 0. The molecule has 0 unspecified atom stereocenters. The van der Waals surface area contributed by atoms with E-state index in [4.69, 9.17) is 0 Å². The number of halogens is 1. The van der Waals surface area contributed by atoms with E-state index in [2.05, 4.69) is 97.9 Å². The van der Waals surface area contributed by atoms with Crippen molar-refractivity contribution in [3.63, 3.8) is 0 Å². The molecule has 0 saturated carbocycles. The number of rotatable bonds is 8. The molecule has 0 fully saturated rings. The third-order valence-corrected chi connectivity index (χ3v) is 9.28. The molecule has 0 aliphatic rings. The molecule has 0 radical (unpaired) electrons. The number of hydrogen-bond donors (Lipinski definition) is 0. The Kier molecular flexibility index (Phi) is 8.81. The van der Waals surface area contributed by atoms with Gasteiger partial charge in [0.25, 0.3) is 0 Å². The van der Waals surface area contributed by atoms with Crippen LogP contribution in [-0.4, -0.2) is 6.16 Å². The standard InChI is InChI=1S/C24H28P.HI/c1-2-18-25(19-22-12-6-3-7-13-22,20-23-14-8-4-9-15-23)21-24-16-10-5-11-17-24;/h3-17H,2,18-21H2,1H3;1H/q+1;/p-1. The molecule has 0 atom stereocenters. The highest BCUT2D eigenvalue weighted by molar-refractivity contribution is 7.73. The Bertz CT molecular complexity index is 640. The lowest BCUT2D eigenvalue weighted by atomic mass is 10.2. The Balaban J connectivity index is 0.00000243. The smallest absolute Gasteiger partial charge is 0.0849 e. The average Bonchev–Trinajstić information content (AvgIpc) is 2.64. The Labute approximate surface area is 176 Å². The maximum absolute atomic E-state index is 2.34. The van der Waals surface area contributed by atoms with Crippen molar-refractivity contribution in [3.05, 3.63) is 108 Å². The lowest BCUT2D eigenvalue weighted by Gasteiger charge is -2.28. The number of hydrogen-bond acceptors (Lipinski definition) is 0. The zero-order chi connectivity index (χ0) is 17.4. The molecule has 0 aliphatic heterocycles. The molecule has 0 aliphatic carbocycles. The van der Waals surface area contributed by atoms with E-state index in [1.54, 1.807) is 0 Å². The van der Waals surface area contributed by atoms with Crippen LogP contribution in [-0.2, 0) is 18.5 Å². The average molecular weight is 474 g/mol. The van der Waals surface area contributed by atoms with Crippen molar-refractivity contribution in [3.8, 4) is 0 Å². The molecule has 26 heavy (non-hydrogen) atoms. The summed E-state index contributed by atoms with van der Waals surface area (Å²) in [6, 6.07) is 33.3. The van der Waals surface area contributed by atoms with E-state index in [-0.39, 0.29) is 24.0 Å². The van der Waals surface area contributed by atoms with E-state index in [1.165, 1.54) is 47.8 Å². The van der Waals surface area contributed by atoms with Crippen molar-refractivity contribution in [1.29, 1.82) is 0 Å². The lowest BCUT2D eigenvalue weighted by Crippen LogP contribution is -3.00. The zero-order valence-electron chi connectivity index (χ0n) is 15.5.